The lowest BCUT2D eigenvalue weighted by molar-refractivity contribution is 0.0673. The Balaban J connectivity index is 0.00000242. The van der Waals surface area contributed by atoms with Gasteiger partial charge in [-0.3, -0.25) is 4.99 Å². The molecule has 0 aromatic carbocycles. The molecule has 2 aliphatic rings. The Labute approximate surface area is 151 Å². The highest BCUT2D eigenvalue weighted by Gasteiger charge is 2.40. The molecule has 0 spiro atoms. The van der Waals surface area contributed by atoms with Crippen molar-refractivity contribution in [1.29, 1.82) is 0 Å². The van der Waals surface area contributed by atoms with Crippen LogP contribution < -0.4 is 5.32 Å². The average Bonchev–Trinajstić information content (AvgIpc) is 2.44. The molecule has 0 unspecified atom stereocenters. The number of rotatable bonds is 2. The van der Waals surface area contributed by atoms with Gasteiger partial charge in [-0.25, -0.2) is 8.42 Å². The molecule has 2 rings (SSSR count). The van der Waals surface area contributed by atoms with E-state index in [0.717, 1.165) is 38.6 Å². The molecule has 22 heavy (non-hydrogen) atoms. The van der Waals surface area contributed by atoms with Crippen molar-refractivity contribution in [2.75, 3.05) is 45.6 Å². The van der Waals surface area contributed by atoms with Gasteiger partial charge >= 0.3 is 0 Å². The normalized spacial score (nSPS) is 25.4. The van der Waals surface area contributed by atoms with E-state index in [1.165, 1.54) is 0 Å². The van der Waals surface area contributed by atoms with Crippen molar-refractivity contribution in [2.24, 2.45) is 10.9 Å². The molecule has 6 nitrogen and oxygen atoms in total. The number of hydrogen-bond donors (Lipinski definition) is 1. The summed E-state index contributed by atoms with van der Waals surface area (Å²) >= 11 is 0. The molecule has 2 fully saturated rings. The maximum Gasteiger partial charge on any atom is 0.193 e. The Bertz CT molecular complexity index is 488. The average molecular weight is 445 g/mol. The predicted molar refractivity (Wildman–Crippen MR) is 99.8 cm³/mol. The molecule has 130 valence electrons. The maximum absolute atomic E-state index is 12.1. The highest BCUT2D eigenvalue weighted by atomic mass is 127. The van der Waals surface area contributed by atoms with E-state index < -0.39 is 14.6 Å². The zero-order valence-corrected chi connectivity index (χ0v) is 16.8. The van der Waals surface area contributed by atoms with Crippen LogP contribution in [0.1, 0.15) is 26.7 Å². The van der Waals surface area contributed by atoms with Crippen LogP contribution in [-0.2, 0) is 14.6 Å². The van der Waals surface area contributed by atoms with E-state index in [1.54, 1.807) is 20.9 Å². The van der Waals surface area contributed by atoms with Crippen molar-refractivity contribution >= 4 is 39.8 Å². The third-order valence-corrected chi connectivity index (χ3v) is 6.98. The van der Waals surface area contributed by atoms with Gasteiger partial charge in [0, 0.05) is 39.9 Å². The van der Waals surface area contributed by atoms with E-state index in [9.17, 15) is 8.42 Å². The zero-order chi connectivity index (χ0) is 15.5. The van der Waals surface area contributed by atoms with Gasteiger partial charge in [0.1, 0.15) is 0 Å². The number of aliphatic imine (C=N–C) groups is 1. The van der Waals surface area contributed by atoms with Crippen molar-refractivity contribution in [3.05, 3.63) is 0 Å². The molecule has 0 bridgehead atoms. The van der Waals surface area contributed by atoms with Crippen LogP contribution in [0, 0.1) is 5.92 Å². The minimum Gasteiger partial charge on any atom is -0.381 e. The largest absolute Gasteiger partial charge is 0.381 e. The number of nitrogens with zero attached hydrogens (tertiary/aromatic N) is 2. The van der Waals surface area contributed by atoms with Gasteiger partial charge in [-0.1, -0.05) is 0 Å². The summed E-state index contributed by atoms with van der Waals surface area (Å²) in [5.74, 6) is 1.61. The van der Waals surface area contributed by atoms with Crippen LogP contribution >= 0.6 is 24.0 Å². The summed E-state index contributed by atoms with van der Waals surface area (Å²) in [6.45, 7) is 7.13. The Kier molecular flexibility index (Phi) is 7.38. The number of ether oxygens (including phenoxy) is 1. The number of hydrogen-bond acceptors (Lipinski definition) is 4. The molecule has 8 heteroatoms. The van der Waals surface area contributed by atoms with Gasteiger partial charge < -0.3 is 15.0 Å². The number of sulfone groups is 1. The molecule has 2 heterocycles. The van der Waals surface area contributed by atoms with Crippen LogP contribution in [0.3, 0.4) is 0 Å². The van der Waals surface area contributed by atoms with E-state index in [-0.39, 0.29) is 29.7 Å². The van der Waals surface area contributed by atoms with Crippen LogP contribution in [0.25, 0.3) is 0 Å². The number of guanidine groups is 1. The molecule has 2 aliphatic heterocycles. The van der Waals surface area contributed by atoms with Crippen molar-refractivity contribution in [2.45, 2.75) is 31.4 Å². The third kappa shape index (κ3) is 4.70. The highest BCUT2D eigenvalue weighted by Crippen LogP contribution is 2.23. The Hall–Kier alpha value is -0.0900. The van der Waals surface area contributed by atoms with Crippen LogP contribution in [0.2, 0.25) is 0 Å². The van der Waals surface area contributed by atoms with E-state index >= 15 is 0 Å². The van der Waals surface area contributed by atoms with Gasteiger partial charge in [-0.05, 0) is 32.6 Å². The maximum atomic E-state index is 12.1. The fourth-order valence-electron chi connectivity index (χ4n) is 2.84. The first-order valence-electron chi connectivity index (χ1n) is 7.61. The molecule has 1 N–H and O–H groups in total. The van der Waals surface area contributed by atoms with Gasteiger partial charge in [0.15, 0.2) is 15.8 Å². The second-order valence-corrected chi connectivity index (χ2v) is 9.23. The second-order valence-electron chi connectivity index (χ2n) is 6.48. The lowest BCUT2D eigenvalue weighted by Gasteiger charge is -2.39. The van der Waals surface area contributed by atoms with Crippen molar-refractivity contribution in [3.8, 4) is 0 Å². The first-order chi connectivity index (χ1) is 9.86. The SMILES string of the molecule is CN=C(NCC1CCOCC1)N1CCS(=O)(=O)C(C)(C)C1.I. The molecule has 0 radical (unpaired) electrons. The van der Waals surface area contributed by atoms with Gasteiger partial charge in [-0.15, -0.1) is 24.0 Å². The summed E-state index contributed by atoms with van der Waals surface area (Å²) in [5, 5.41) is 3.40. The molecule has 0 aromatic rings. The summed E-state index contributed by atoms with van der Waals surface area (Å²) in [6.07, 6.45) is 2.15. The molecule has 0 saturated carbocycles. The van der Waals surface area contributed by atoms with E-state index in [0.29, 0.717) is 19.0 Å². The van der Waals surface area contributed by atoms with Crippen LogP contribution in [0.15, 0.2) is 4.99 Å². The predicted octanol–water partition coefficient (Wildman–Crippen LogP) is 1.12. The van der Waals surface area contributed by atoms with Crippen LogP contribution in [0.5, 0.6) is 0 Å². The summed E-state index contributed by atoms with van der Waals surface area (Å²) in [4.78, 5) is 6.37. The van der Waals surface area contributed by atoms with E-state index in [1.807, 2.05) is 0 Å². The Morgan fingerprint density at radius 3 is 2.55 bits per heavy atom. The van der Waals surface area contributed by atoms with Crippen molar-refractivity contribution < 1.29 is 13.2 Å². The summed E-state index contributed by atoms with van der Waals surface area (Å²) < 4.78 is 28.8. The molecule has 2 saturated heterocycles. The summed E-state index contributed by atoms with van der Waals surface area (Å²) in [7, 11) is -1.26. The fourth-order valence-corrected chi connectivity index (χ4v) is 4.21. The molecule has 0 aromatic heterocycles. The quantitative estimate of drug-likeness (QED) is 0.392. The zero-order valence-electron chi connectivity index (χ0n) is 13.7. The molecule has 0 amide bonds. The lowest BCUT2D eigenvalue weighted by Crippen LogP contribution is -2.57. The third-order valence-electron chi connectivity index (χ3n) is 4.44. The fraction of sp³-hybridized carbons (Fsp3) is 0.929. The smallest absolute Gasteiger partial charge is 0.193 e. The number of nitrogens with one attached hydrogen (secondary N) is 1. The topological polar surface area (TPSA) is 71.0 Å². The van der Waals surface area contributed by atoms with E-state index in [2.05, 4.69) is 15.2 Å². The van der Waals surface area contributed by atoms with Gasteiger partial charge in [0.05, 0.1) is 10.5 Å². The summed E-state index contributed by atoms with van der Waals surface area (Å²) in [6, 6.07) is 0. The van der Waals surface area contributed by atoms with Crippen molar-refractivity contribution in [3.63, 3.8) is 0 Å². The molecule has 0 atom stereocenters. The molecular weight excluding hydrogens is 417 g/mol. The van der Waals surface area contributed by atoms with Gasteiger partial charge in [-0.2, -0.15) is 0 Å². The second kappa shape index (κ2) is 8.14. The molecular formula is C14H28IN3O3S. The van der Waals surface area contributed by atoms with Crippen molar-refractivity contribution in [1.82, 2.24) is 10.2 Å². The number of halogens is 1. The molecule has 0 aliphatic carbocycles. The minimum atomic E-state index is -3.01. The highest BCUT2D eigenvalue weighted by molar-refractivity contribution is 14.0. The van der Waals surface area contributed by atoms with E-state index in [4.69, 9.17) is 4.74 Å². The first-order valence-corrected chi connectivity index (χ1v) is 9.26. The standard InChI is InChI=1S/C14H27N3O3S.HI/c1-14(2)11-17(6-9-21(14,18)19)13(15-3)16-10-12-4-7-20-8-5-12;/h12H,4-11H2,1-3H3,(H,15,16);1H. The lowest BCUT2D eigenvalue weighted by atomic mass is 10.0. The van der Waals surface area contributed by atoms with Gasteiger partial charge in [0.2, 0.25) is 0 Å². The Morgan fingerprint density at radius 1 is 1.36 bits per heavy atom. The van der Waals surface area contributed by atoms with Crippen LogP contribution in [0.4, 0.5) is 0 Å². The van der Waals surface area contributed by atoms with Crippen LogP contribution in [-0.4, -0.2) is 69.7 Å². The van der Waals surface area contributed by atoms with Gasteiger partial charge in [0.25, 0.3) is 0 Å². The summed E-state index contributed by atoms with van der Waals surface area (Å²) in [5.41, 5.74) is 0. The monoisotopic (exact) mass is 445 g/mol. The minimum absolute atomic E-state index is 0. The Morgan fingerprint density at radius 2 is 2.00 bits per heavy atom. The first kappa shape index (κ1) is 20.0.